The summed E-state index contributed by atoms with van der Waals surface area (Å²) >= 11 is 0. The molecule has 0 N–H and O–H groups in total. The summed E-state index contributed by atoms with van der Waals surface area (Å²) in [5, 5.41) is 0. The second-order valence-electron chi connectivity index (χ2n) is 5.56. The highest BCUT2D eigenvalue weighted by Crippen LogP contribution is 2.32. The second-order valence-corrected chi connectivity index (χ2v) is 5.56. The number of aromatic nitrogens is 1. The van der Waals surface area contributed by atoms with E-state index in [1.807, 2.05) is 30.0 Å². The summed E-state index contributed by atoms with van der Waals surface area (Å²) in [6.45, 7) is 3.96. The maximum absolute atomic E-state index is 12.6. The predicted octanol–water partition coefficient (Wildman–Crippen LogP) is 1.42. The summed E-state index contributed by atoms with van der Waals surface area (Å²) < 4.78 is 11.6. The molecule has 2 aliphatic rings. The topological polar surface area (TPSA) is 51.7 Å². The minimum absolute atomic E-state index is 0.0337. The van der Waals surface area contributed by atoms with E-state index in [2.05, 4.69) is 4.98 Å². The molecule has 1 amide bonds. The van der Waals surface area contributed by atoms with E-state index in [4.69, 9.17) is 9.47 Å². The number of pyridine rings is 1. The van der Waals surface area contributed by atoms with Crippen molar-refractivity contribution in [3.05, 3.63) is 30.1 Å². The Kier molecular flexibility index (Phi) is 4.51. The zero-order valence-electron chi connectivity index (χ0n) is 12.4. The Morgan fingerprint density at radius 3 is 3.14 bits per heavy atom. The van der Waals surface area contributed by atoms with Gasteiger partial charge >= 0.3 is 0 Å². The van der Waals surface area contributed by atoms with Crippen LogP contribution in [0.2, 0.25) is 0 Å². The van der Waals surface area contributed by atoms with Crippen LogP contribution in [-0.2, 0) is 20.7 Å². The highest BCUT2D eigenvalue weighted by Gasteiger charge is 2.44. The fourth-order valence-electron chi connectivity index (χ4n) is 3.38. The first-order valence-corrected chi connectivity index (χ1v) is 7.72. The Morgan fingerprint density at radius 1 is 1.48 bits per heavy atom. The van der Waals surface area contributed by atoms with E-state index in [0.29, 0.717) is 26.2 Å². The van der Waals surface area contributed by atoms with Crippen molar-refractivity contribution in [3.8, 4) is 0 Å². The van der Waals surface area contributed by atoms with E-state index in [1.54, 1.807) is 6.20 Å². The third-order valence-corrected chi connectivity index (χ3v) is 4.30. The van der Waals surface area contributed by atoms with Gasteiger partial charge in [0.1, 0.15) is 6.10 Å². The molecule has 1 aromatic rings. The number of morpholine rings is 1. The minimum atomic E-state index is 0.0337. The minimum Gasteiger partial charge on any atom is -0.376 e. The monoisotopic (exact) mass is 290 g/mol. The molecule has 3 rings (SSSR count). The number of nitrogens with zero attached hydrogens (tertiary/aromatic N) is 2. The predicted molar refractivity (Wildman–Crippen MR) is 77.8 cm³/mol. The van der Waals surface area contributed by atoms with Gasteiger partial charge in [-0.3, -0.25) is 9.78 Å². The van der Waals surface area contributed by atoms with E-state index in [9.17, 15) is 4.79 Å². The van der Waals surface area contributed by atoms with Crippen LogP contribution in [0.5, 0.6) is 0 Å². The van der Waals surface area contributed by atoms with Gasteiger partial charge in [-0.1, -0.05) is 6.07 Å². The first kappa shape index (κ1) is 14.5. The molecule has 2 fully saturated rings. The third-order valence-electron chi connectivity index (χ3n) is 4.30. The zero-order valence-corrected chi connectivity index (χ0v) is 12.4. The number of amides is 1. The maximum atomic E-state index is 12.6. The summed E-state index contributed by atoms with van der Waals surface area (Å²) in [4.78, 5) is 18.8. The molecule has 1 aliphatic heterocycles. The summed E-state index contributed by atoms with van der Waals surface area (Å²) in [5.74, 6) is 0.143. The van der Waals surface area contributed by atoms with Gasteiger partial charge in [-0.05, 0) is 31.9 Å². The molecule has 5 heteroatoms. The van der Waals surface area contributed by atoms with Gasteiger partial charge in [0.2, 0.25) is 5.91 Å². The van der Waals surface area contributed by atoms with Crippen LogP contribution in [0.3, 0.4) is 0 Å². The van der Waals surface area contributed by atoms with E-state index in [-0.39, 0.29) is 24.2 Å². The molecule has 0 unspecified atom stereocenters. The Morgan fingerprint density at radius 2 is 2.38 bits per heavy atom. The van der Waals surface area contributed by atoms with Crippen molar-refractivity contribution in [1.82, 2.24) is 9.88 Å². The van der Waals surface area contributed by atoms with Crippen LogP contribution in [0, 0.1) is 0 Å². The molecule has 1 aromatic heterocycles. The largest absolute Gasteiger partial charge is 0.376 e. The van der Waals surface area contributed by atoms with Gasteiger partial charge in [-0.25, -0.2) is 0 Å². The molecule has 2 heterocycles. The van der Waals surface area contributed by atoms with Gasteiger partial charge in [0.25, 0.3) is 0 Å². The van der Waals surface area contributed by atoms with E-state index < -0.39 is 0 Å². The average Bonchev–Trinajstić information content (AvgIpc) is 2.92. The lowest BCUT2D eigenvalue weighted by Gasteiger charge is -2.39. The molecule has 5 nitrogen and oxygen atoms in total. The molecule has 114 valence electrons. The van der Waals surface area contributed by atoms with Crippen molar-refractivity contribution >= 4 is 5.91 Å². The standard InChI is InChI=1S/C16H22N2O3/c1-2-20-14-7-6-13-16(14)21-10-9-18(13)15(19)11-12-5-3-4-8-17-12/h3-5,8,13-14,16H,2,6-7,9-11H2,1H3/t13-,14+,16+/m0/s1. The molecule has 0 bridgehead atoms. The highest BCUT2D eigenvalue weighted by molar-refractivity contribution is 5.79. The molecule has 21 heavy (non-hydrogen) atoms. The van der Waals surface area contributed by atoms with Crippen molar-refractivity contribution < 1.29 is 14.3 Å². The molecular weight excluding hydrogens is 268 g/mol. The number of carbonyl (C=O) groups excluding carboxylic acids is 1. The van der Waals surface area contributed by atoms with Crippen molar-refractivity contribution in [2.45, 2.75) is 44.4 Å². The molecule has 1 saturated heterocycles. The maximum Gasteiger partial charge on any atom is 0.229 e. The number of hydrogen-bond donors (Lipinski definition) is 0. The third kappa shape index (κ3) is 3.09. The fourth-order valence-corrected chi connectivity index (χ4v) is 3.38. The van der Waals surface area contributed by atoms with Crippen LogP contribution in [0.4, 0.5) is 0 Å². The first-order valence-electron chi connectivity index (χ1n) is 7.72. The van der Waals surface area contributed by atoms with Crippen molar-refractivity contribution in [2.24, 2.45) is 0 Å². The number of rotatable bonds is 4. The van der Waals surface area contributed by atoms with E-state index >= 15 is 0 Å². The fraction of sp³-hybridized carbons (Fsp3) is 0.625. The van der Waals surface area contributed by atoms with Crippen LogP contribution in [0.15, 0.2) is 24.4 Å². The van der Waals surface area contributed by atoms with Crippen molar-refractivity contribution in [2.75, 3.05) is 19.8 Å². The lowest BCUT2D eigenvalue weighted by molar-refractivity contribution is -0.150. The second kappa shape index (κ2) is 6.54. The van der Waals surface area contributed by atoms with Crippen LogP contribution >= 0.6 is 0 Å². The quantitative estimate of drug-likeness (QED) is 0.841. The Bertz CT molecular complexity index is 480. The average molecular weight is 290 g/mol. The Labute approximate surface area is 125 Å². The lowest BCUT2D eigenvalue weighted by atomic mass is 10.1. The van der Waals surface area contributed by atoms with Gasteiger partial charge in [-0.2, -0.15) is 0 Å². The summed E-state index contributed by atoms with van der Waals surface area (Å²) in [5.41, 5.74) is 0.824. The smallest absolute Gasteiger partial charge is 0.229 e. The Balaban J connectivity index is 1.66. The first-order chi connectivity index (χ1) is 10.3. The van der Waals surface area contributed by atoms with Gasteiger partial charge in [-0.15, -0.1) is 0 Å². The van der Waals surface area contributed by atoms with Gasteiger partial charge in [0, 0.05) is 25.0 Å². The molecule has 0 spiro atoms. The number of fused-ring (bicyclic) bond motifs is 1. The summed E-state index contributed by atoms with van der Waals surface area (Å²) in [6, 6.07) is 5.83. The zero-order chi connectivity index (χ0) is 14.7. The van der Waals surface area contributed by atoms with Crippen LogP contribution in [0.25, 0.3) is 0 Å². The molecule has 3 atom stereocenters. The highest BCUT2D eigenvalue weighted by atomic mass is 16.5. The lowest BCUT2D eigenvalue weighted by Crippen LogP contribution is -2.54. The number of ether oxygens (including phenoxy) is 2. The molecular formula is C16H22N2O3. The summed E-state index contributed by atoms with van der Waals surface area (Å²) in [7, 11) is 0. The molecule has 1 aliphatic carbocycles. The Hall–Kier alpha value is -1.46. The van der Waals surface area contributed by atoms with Crippen LogP contribution in [-0.4, -0.2) is 53.8 Å². The van der Waals surface area contributed by atoms with Crippen molar-refractivity contribution in [3.63, 3.8) is 0 Å². The van der Waals surface area contributed by atoms with Gasteiger partial charge < -0.3 is 14.4 Å². The van der Waals surface area contributed by atoms with E-state index in [1.165, 1.54) is 0 Å². The van der Waals surface area contributed by atoms with E-state index in [0.717, 1.165) is 18.5 Å². The normalized spacial score (nSPS) is 28.4. The van der Waals surface area contributed by atoms with Crippen LogP contribution in [0.1, 0.15) is 25.5 Å². The molecule has 1 saturated carbocycles. The number of hydrogen-bond acceptors (Lipinski definition) is 4. The molecule has 0 radical (unpaired) electrons. The summed E-state index contributed by atoms with van der Waals surface area (Å²) in [6.07, 6.45) is 4.19. The van der Waals surface area contributed by atoms with Crippen LogP contribution < -0.4 is 0 Å². The number of carbonyl (C=O) groups is 1. The van der Waals surface area contributed by atoms with Gasteiger partial charge in [0.15, 0.2) is 0 Å². The van der Waals surface area contributed by atoms with Crippen molar-refractivity contribution in [1.29, 1.82) is 0 Å². The SMILES string of the molecule is CCO[C@@H]1CC[C@H]2[C@H]1OCCN2C(=O)Cc1ccccn1. The molecule has 0 aromatic carbocycles. The van der Waals surface area contributed by atoms with Gasteiger partial charge in [0.05, 0.1) is 25.2 Å².